The zero-order chi connectivity index (χ0) is 24.4. The molecule has 1 aromatic rings. The topological polar surface area (TPSA) is 126 Å². The summed E-state index contributed by atoms with van der Waals surface area (Å²) in [6.07, 6.45) is -2.67. The normalized spacial score (nSPS) is 21.4. The van der Waals surface area contributed by atoms with Crippen molar-refractivity contribution in [1.82, 2.24) is 0 Å². The first kappa shape index (κ1) is 26.1. The van der Waals surface area contributed by atoms with Gasteiger partial charge in [0.25, 0.3) is 0 Å². The Balaban J connectivity index is 2.06. The van der Waals surface area contributed by atoms with E-state index in [1.54, 1.807) is 30.3 Å². The molecule has 0 aliphatic carbocycles. The average molecular weight is 465 g/mol. The Labute approximate surface area is 192 Å². The summed E-state index contributed by atoms with van der Waals surface area (Å²) in [6, 6.07) is 8.69. The third kappa shape index (κ3) is 9.09. The third-order valence-electron chi connectivity index (χ3n) is 5.05. The molecular weight excluding hydrogens is 434 g/mol. The van der Waals surface area contributed by atoms with Crippen molar-refractivity contribution in [1.29, 1.82) is 0 Å². The SMILES string of the molecule is CC(=O)OCC[C@H]1O[C@H]([C@H](OC(C)=O)[C@@H](COC(=O)Nc2ccccc2)OC(C)=O)C[C@@H]1C. The van der Waals surface area contributed by atoms with Gasteiger partial charge in [-0.15, -0.1) is 0 Å². The van der Waals surface area contributed by atoms with Crippen molar-refractivity contribution in [3.8, 4) is 0 Å². The molecule has 0 unspecified atom stereocenters. The molecule has 1 fully saturated rings. The van der Waals surface area contributed by atoms with Crippen molar-refractivity contribution >= 4 is 29.7 Å². The maximum Gasteiger partial charge on any atom is 0.411 e. The van der Waals surface area contributed by atoms with Crippen molar-refractivity contribution in [2.24, 2.45) is 5.92 Å². The number of amides is 1. The van der Waals surface area contributed by atoms with Crippen LogP contribution in [0.5, 0.6) is 0 Å². The Kier molecular flexibility index (Phi) is 10.1. The van der Waals surface area contributed by atoms with Gasteiger partial charge in [0, 0.05) is 32.9 Å². The molecule has 10 heteroatoms. The lowest BCUT2D eigenvalue weighted by molar-refractivity contribution is -0.181. The van der Waals surface area contributed by atoms with Crippen molar-refractivity contribution in [3.63, 3.8) is 0 Å². The van der Waals surface area contributed by atoms with E-state index in [0.717, 1.165) is 0 Å². The van der Waals surface area contributed by atoms with Gasteiger partial charge in [-0.05, 0) is 24.5 Å². The zero-order valence-electron chi connectivity index (χ0n) is 19.3. The van der Waals surface area contributed by atoms with Crippen LogP contribution in [-0.2, 0) is 38.1 Å². The highest BCUT2D eigenvalue weighted by Crippen LogP contribution is 2.33. The van der Waals surface area contributed by atoms with Crippen molar-refractivity contribution < 1.29 is 42.9 Å². The summed E-state index contributed by atoms with van der Waals surface area (Å²) in [5.41, 5.74) is 0.534. The lowest BCUT2D eigenvalue weighted by atomic mass is 9.96. The van der Waals surface area contributed by atoms with Gasteiger partial charge in [0.2, 0.25) is 0 Å². The minimum absolute atomic E-state index is 0.0730. The Morgan fingerprint density at radius 3 is 2.27 bits per heavy atom. The summed E-state index contributed by atoms with van der Waals surface area (Å²) >= 11 is 0. The van der Waals surface area contributed by atoms with Crippen molar-refractivity contribution in [3.05, 3.63) is 30.3 Å². The lowest BCUT2D eigenvalue weighted by Crippen LogP contribution is -2.46. The Morgan fingerprint density at radius 1 is 1.00 bits per heavy atom. The molecule has 1 N–H and O–H groups in total. The number of rotatable bonds is 10. The molecule has 1 amide bonds. The fourth-order valence-electron chi connectivity index (χ4n) is 3.64. The quantitative estimate of drug-likeness (QED) is 0.410. The highest BCUT2D eigenvalue weighted by Gasteiger charge is 2.43. The highest BCUT2D eigenvalue weighted by molar-refractivity contribution is 5.84. The molecule has 0 aromatic heterocycles. The monoisotopic (exact) mass is 465 g/mol. The predicted molar refractivity (Wildman–Crippen MR) is 116 cm³/mol. The number of carbonyl (C=O) groups is 4. The molecule has 1 saturated heterocycles. The largest absolute Gasteiger partial charge is 0.466 e. The second-order valence-electron chi connectivity index (χ2n) is 7.87. The van der Waals surface area contributed by atoms with Crippen molar-refractivity contribution in [2.45, 2.75) is 65.0 Å². The maximum atomic E-state index is 12.2. The van der Waals surface area contributed by atoms with E-state index in [1.807, 2.05) is 6.92 Å². The predicted octanol–water partition coefficient (Wildman–Crippen LogP) is 2.85. The minimum Gasteiger partial charge on any atom is -0.466 e. The van der Waals surface area contributed by atoms with E-state index in [9.17, 15) is 19.2 Å². The van der Waals surface area contributed by atoms with E-state index < -0.39 is 36.3 Å². The molecule has 0 saturated carbocycles. The van der Waals surface area contributed by atoms with Crippen molar-refractivity contribution in [2.75, 3.05) is 18.5 Å². The number of benzene rings is 1. The summed E-state index contributed by atoms with van der Waals surface area (Å²) in [6.45, 7) is 5.59. The lowest BCUT2D eigenvalue weighted by Gasteiger charge is -2.30. The van der Waals surface area contributed by atoms with E-state index in [-0.39, 0.29) is 31.2 Å². The van der Waals surface area contributed by atoms with Crippen LogP contribution in [0.15, 0.2) is 30.3 Å². The molecule has 1 aliphatic rings. The first-order chi connectivity index (χ1) is 15.7. The fourth-order valence-corrected chi connectivity index (χ4v) is 3.64. The Bertz CT molecular complexity index is 813. The fraction of sp³-hybridized carbons (Fsp3) is 0.565. The van der Waals surface area contributed by atoms with Crippen LogP contribution in [0.3, 0.4) is 0 Å². The van der Waals surface area contributed by atoms with E-state index >= 15 is 0 Å². The van der Waals surface area contributed by atoms with Gasteiger partial charge in [-0.1, -0.05) is 25.1 Å². The van der Waals surface area contributed by atoms with Gasteiger partial charge in [0.15, 0.2) is 12.2 Å². The van der Waals surface area contributed by atoms with Crippen LogP contribution < -0.4 is 5.32 Å². The Morgan fingerprint density at radius 2 is 1.67 bits per heavy atom. The number of esters is 3. The molecule has 0 radical (unpaired) electrons. The second-order valence-corrected chi connectivity index (χ2v) is 7.87. The zero-order valence-corrected chi connectivity index (χ0v) is 19.3. The number of nitrogens with one attached hydrogen (secondary N) is 1. The molecule has 1 heterocycles. The van der Waals surface area contributed by atoms with E-state index in [4.69, 9.17) is 23.7 Å². The molecule has 5 atom stereocenters. The summed E-state index contributed by atoms with van der Waals surface area (Å²) in [4.78, 5) is 46.7. The summed E-state index contributed by atoms with van der Waals surface area (Å²) in [5.74, 6) is -1.52. The third-order valence-corrected chi connectivity index (χ3v) is 5.05. The average Bonchev–Trinajstić information content (AvgIpc) is 3.10. The van der Waals surface area contributed by atoms with E-state index in [0.29, 0.717) is 18.5 Å². The summed E-state index contributed by atoms with van der Waals surface area (Å²) in [5, 5.41) is 2.56. The maximum absolute atomic E-state index is 12.2. The molecule has 2 rings (SSSR count). The number of hydrogen-bond donors (Lipinski definition) is 1. The molecular formula is C23H31NO9. The summed E-state index contributed by atoms with van der Waals surface area (Å²) in [7, 11) is 0. The first-order valence-corrected chi connectivity index (χ1v) is 10.8. The summed E-state index contributed by atoms with van der Waals surface area (Å²) < 4.78 is 27.1. The molecule has 10 nitrogen and oxygen atoms in total. The smallest absolute Gasteiger partial charge is 0.411 e. The van der Waals surface area contributed by atoms with E-state index in [2.05, 4.69) is 5.32 Å². The van der Waals surface area contributed by atoms with Crippen LogP contribution in [0.1, 0.15) is 40.5 Å². The van der Waals surface area contributed by atoms with Crippen LogP contribution in [-0.4, -0.2) is 61.6 Å². The van der Waals surface area contributed by atoms with Gasteiger partial charge in [-0.3, -0.25) is 19.7 Å². The minimum atomic E-state index is -1.07. The number of ether oxygens (including phenoxy) is 5. The van der Waals surface area contributed by atoms with Crippen LogP contribution in [0.2, 0.25) is 0 Å². The molecule has 182 valence electrons. The molecule has 0 spiro atoms. The molecule has 0 bridgehead atoms. The number of carbonyl (C=O) groups excluding carboxylic acids is 4. The number of para-hydroxylation sites is 1. The van der Waals surface area contributed by atoms with Crippen LogP contribution >= 0.6 is 0 Å². The first-order valence-electron chi connectivity index (χ1n) is 10.8. The Hall–Kier alpha value is -3.14. The van der Waals surface area contributed by atoms with Gasteiger partial charge in [-0.2, -0.15) is 0 Å². The van der Waals surface area contributed by atoms with Gasteiger partial charge >= 0.3 is 24.0 Å². The number of anilines is 1. The van der Waals surface area contributed by atoms with Gasteiger partial charge in [0.1, 0.15) is 6.61 Å². The second kappa shape index (κ2) is 12.8. The highest BCUT2D eigenvalue weighted by atomic mass is 16.6. The standard InChI is InChI=1S/C23H31NO9/c1-14-12-20(33-19(14)10-11-29-15(2)25)22(32-17(4)27)21(31-16(3)26)13-30-23(28)24-18-8-6-5-7-9-18/h5-9,14,19-22H,10-13H2,1-4H3,(H,24,28)/t14-,19+,20-,21+,22-/m0/s1. The van der Waals surface area contributed by atoms with Gasteiger partial charge in [-0.25, -0.2) is 4.79 Å². The number of hydrogen-bond acceptors (Lipinski definition) is 9. The molecule has 33 heavy (non-hydrogen) atoms. The van der Waals surface area contributed by atoms with Gasteiger partial charge < -0.3 is 23.7 Å². The van der Waals surface area contributed by atoms with E-state index in [1.165, 1.54) is 20.8 Å². The molecule has 1 aromatic carbocycles. The van der Waals surface area contributed by atoms with Crippen LogP contribution in [0.4, 0.5) is 10.5 Å². The molecule has 1 aliphatic heterocycles. The van der Waals surface area contributed by atoms with Crippen LogP contribution in [0.25, 0.3) is 0 Å². The van der Waals surface area contributed by atoms with Crippen LogP contribution in [0, 0.1) is 5.92 Å². The van der Waals surface area contributed by atoms with Gasteiger partial charge in [0.05, 0.1) is 18.8 Å².